The molecular weight excluding hydrogens is 262 g/mol. The average Bonchev–Trinajstić information content (AvgIpc) is 2.85. The number of nitrogens with zero attached hydrogens (tertiary/aromatic N) is 3. The zero-order chi connectivity index (χ0) is 13.7. The number of hydrogen-bond donors (Lipinski definition) is 0. The third kappa shape index (κ3) is 3.82. The summed E-state index contributed by atoms with van der Waals surface area (Å²) in [4.78, 5) is 24.1. The van der Waals surface area contributed by atoms with Crippen LogP contribution < -0.4 is 0 Å². The molecule has 0 saturated heterocycles. The van der Waals surface area contributed by atoms with Crippen molar-refractivity contribution in [2.45, 2.75) is 26.7 Å². The van der Waals surface area contributed by atoms with Crippen LogP contribution in [-0.2, 0) is 16.0 Å². The Labute approximate surface area is 115 Å². The molecule has 0 fully saturated rings. The van der Waals surface area contributed by atoms with Crippen molar-refractivity contribution in [1.82, 2.24) is 15.0 Å². The summed E-state index contributed by atoms with van der Waals surface area (Å²) in [6.45, 7) is 4.07. The molecule has 0 amide bonds. The number of carbonyl (C=O) groups is 1. The van der Waals surface area contributed by atoms with E-state index in [2.05, 4.69) is 15.0 Å². The standard InChI is InChI=1S/C13H15N3O2S/c1-3-18-12(17)5-4-10-8-19-13(16-10)11-6-7-14-9(2)15-11/h6-8H,3-5H2,1-2H3. The summed E-state index contributed by atoms with van der Waals surface area (Å²) in [5, 5.41) is 2.80. The molecule has 0 bridgehead atoms. The molecule has 19 heavy (non-hydrogen) atoms. The summed E-state index contributed by atoms with van der Waals surface area (Å²) in [6.07, 6.45) is 2.68. The lowest BCUT2D eigenvalue weighted by atomic mass is 10.2. The summed E-state index contributed by atoms with van der Waals surface area (Å²) in [7, 11) is 0. The van der Waals surface area contributed by atoms with Crippen molar-refractivity contribution in [2.24, 2.45) is 0 Å². The number of carbonyl (C=O) groups excluding carboxylic acids is 1. The highest BCUT2D eigenvalue weighted by Gasteiger charge is 2.08. The van der Waals surface area contributed by atoms with E-state index in [0.717, 1.165) is 22.2 Å². The van der Waals surface area contributed by atoms with Crippen molar-refractivity contribution in [3.8, 4) is 10.7 Å². The van der Waals surface area contributed by atoms with E-state index >= 15 is 0 Å². The number of ether oxygens (including phenoxy) is 1. The Morgan fingerprint density at radius 1 is 1.42 bits per heavy atom. The van der Waals surface area contributed by atoms with E-state index in [1.165, 1.54) is 11.3 Å². The van der Waals surface area contributed by atoms with Crippen LogP contribution in [0.2, 0.25) is 0 Å². The molecule has 2 aromatic rings. The molecular formula is C13H15N3O2S. The summed E-state index contributed by atoms with van der Waals surface area (Å²) in [6, 6.07) is 1.83. The lowest BCUT2D eigenvalue weighted by molar-refractivity contribution is -0.143. The van der Waals surface area contributed by atoms with Gasteiger partial charge in [0.25, 0.3) is 0 Å². The van der Waals surface area contributed by atoms with Crippen LogP contribution >= 0.6 is 11.3 Å². The SMILES string of the molecule is CCOC(=O)CCc1csc(-c2ccnc(C)n2)n1. The molecule has 0 N–H and O–H groups in total. The molecule has 2 heterocycles. The topological polar surface area (TPSA) is 65.0 Å². The Kier molecular flexibility index (Phi) is 4.57. The molecule has 0 aliphatic rings. The van der Waals surface area contributed by atoms with Gasteiger partial charge in [-0.1, -0.05) is 0 Å². The van der Waals surface area contributed by atoms with E-state index in [1.807, 2.05) is 18.4 Å². The van der Waals surface area contributed by atoms with Crippen LogP contribution in [0.1, 0.15) is 24.9 Å². The minimum absolute atomic E-state index is 0.185. The first-order valence-corrected chi connectivity index (χ1v) is 6.97. The molecule has 2 aromatic heterocycles. The van der Waals surface area contributed by atoms with Gasteiger partial charge in [-0.2, -0.15) is 0 Å². The van der Waals surface area contributed by atoms with Gasteiger partial charge in [-0.25, -0.2) is 15.0 Å². The quantitative estimate of drug-likeness (QED) is 0.785. The van der Waals surface area contributed by atoms with Gasteiger partial charge in [-0.05, 0) is 19.9 Å². The first-order valence-electron chi connectivity index (χ1n) is 6.09. The number of rotatable bonds is 5. The van der Waals surface area contributed by atoms with Crippen molar-refractivity contribution < 1.29 is 9.53 Å². The summed E-state index contributed by atoms with van der Waals surface area (Å²) in [5.41, 5.74) is 1.71. The normalized spacial score (nSPS) is 10.4. The Bertz CT molecular complexity index is 569. The van der Waals surface area contributed by atoms with Gasteiger partial charge in [0, 0.05) is 18.0 Å². The molecule has 6 heteroatoms. The molecule has 5 nitrogen and oxygen atoms in total. The zero-order valence-electron chi connectivity index (χ0n) is 10.9. The Balaban J connectivity index is 2.01. The smallest absolute Gasteiger partial charge is 0.306 e. The van der Waals surface area contributed by atoms with Crippen molar-refractivity contribution in [2.75, 3.05) is 6.61 Å². The second-order valence-electron chi connectivity index (χ2n) is 3.94. The Hall–Kier alpha value is -1.82. The van der Waals surface area contributed by atoms with Crippen LogP contribution in [0.5, 0.6) is 0 Å². The Morgan fingerprint density at radius 2 is 2.26 bits per heavy atom. The molecule has 2 rings (SSSR count). The lowest BCUT2D eigenvalue weighted by Gasteiger charge is -1.99. The minimum Gasteiger partial charge on any atom is -0.466 e. The van der Waals surface area contributed by atoms with Gasteiger partial charge < -0.3 is 4.74 Å². The molecule has 0 unspecified atom stereocenters. The summed E-state index contributed by atoms with van der Waals surface area (Å²) < 4.78 is 4.89. The Morgan fingerprint density at radius 3 is 3.00 bits per heavy atom. The average molecular weight is 277 g/mol. The predicted molar refractivity (Wildman–Crippen MR) is 72.8 cm³/mol. The fourth-order valence-corrected chi connectivity index (χ4v) is 2.40. The van der Waals surface area contributed by atoms with Gasteiger partial charge in [-0.3, -0.25) is 4.79 Å². The van der Waals surface area contributed by atoms with Gasteiger partial charge in [-0.15, -0.1) is 11.3 Å². The lowest BCUT2D eigenvalue weighted by Crippen LogP contribution is -2.05. The number of thiazole rings is 1. The molecule has 0 aliphatic heterocycles. The second kappa shape index (κ2) is 6.38. The van der Waals surface area contributed by atoms with Crippen LogP contribution in [-0.4, -0.2) is 27.5 Å². The van der Waals surface area contributed by atoms with Crippen molar-refractivity contribution in [3.05, 3.63) is 29.2 Å². The maximum atomic E-state index is 11.3. The van der Waals surface area contributed by atoms with E-state index in [4.69, 9.17) is 4.74 Å². The van der Waals surface area contributed by atoms with Gasteiger partial charge in [0.15, 0.2) is 0 Å². The maximum absolute atomic E-state index is 11.3. The van der Waals surface area contributed by atoms with Crippen LogP contribution in [0, 0.1) is 6.92 Å². The zero-order valence-corrected chi connectivity index (χ0v) is 11.7. The third-order valence-electron chi connectivity index (χ3n) is 2.44. The highest BCUT2D eigenvalue weighted by atomic mass is 32.1. The minimum atomic E-state index is -0.185. The van der Waals surface area contributed by atoms with E-state index in [1.54, 1.807) is 13.1 Å². The van der Waals surface area contributed by atoms with Gasteiger partial charge in [0.05, 0.1) is 18.7 Å². The van der Waals surface area contributed by atoms with Crippen molar-refractivity contribution >= 4 is 17.3 Å². The van der Waals surface area contributed by atoms with Gasteiger partial charge in [0.1, 0.15) is 16.5 Å². The third-order valence-corrected chi connectivity index (χ3v) is 3.35. The van der Waals surface area contributed by atoms with Crippen LogP contribution in [0.3, 0.4) is 0 Å². The monoisotopic (exact) mass is 277 g/mol. The number of esters is 1. The molecule has 0 spiro atoms. The summed E-state index contributed by atoms with van der Waals surface area (Å²) >= 11 is 1.52. The fourth-order valence-electron chi connectivity index (χ4n) is 1.58. The molecule has 0 atom stereocenters. The molecule has 0 saturated carbocycles. The van der Waals surface area contributed by atoms with Gasteiger partial charge >= 0.3 is 5.97 Å². The predicted octanol–water partition coefficient (Wildman–Crippen LogP) is 2.40. The first kappa shape index (κ1) is 13.6. The molecule has 0 aromatic carbocycles. The highest BCUT2D eigenvalue weighted by Crippen LogP contribution is 2.22. The van der Waals surface area contributed by atoms with Crippen LogP contribution in [0.4, 0.5) is 0 Å². The van der Waals surface area contributed by atoms with E-state index in [0.29, 0.717) is 19.4 Å². The van der Waals surface area contributed by atoms with Crippen molar-refractivity contribution in [1.29, 1.82) is 0 Å². The number of hydrogen-bond acceptors (Lipinski definition) is 6. The van der Waals surface area contributed by atoms with E-state index < -0.39 is 0 Å². The second-order valence-corrected chi connectivity index (χ2v) is 4.80. The number of aromatic nitrogens is 3. The molecule has 0 aliphatic carbocycles. The first-order chi connectivity index (χ1) is 9.19. The highest BCUT2D eigenvalue weighted by molar-refractivity contribution is 7.13. The maximum Gasteiger partial charge on any atom is 0.306 e. The number of aryl methyl sites for hydroxylation is 2. The van der Waals surface area contributed by atoms with Crippen LogP contribution in [0.15, 0.2) is 17.6 Å². The van der Waals surface area contributed by atoms with Crippen molar-refractivity contribution in [3.63, 3.8) is 0 Å². The van der Waals surface area contributed by atoms with Crippen LogP contribution in [0.25, 0.3) is 10.7 Å². The molecule has 100 valence electrons. The fraction of sp³-hybridized carbons (Fsp3) is 0.385. The van der Waals surface area contributed by atoms with E-state index in [9.17, 15) is 4.79 Å². The summed E-state index contributed by atoms with van der Waals surface area (Å²) in [5.74, 6) is 0.538. The van der Waals surface area contributed by atoms with Gasteiger partial charge in [0.2, 0.25) is 0 Å². The van der Waals surface area contributed by atoms with E-state index in [-0.39, 0.29) is 5.97 Å². The molecule has 0 radical (unpaired) electrons. The largest absolute Gasteiger partial charge is 0.466 e.